The molecule has 3 aliphatic carbocycles. The van der Waals surface area contributed by atoms with Crippen LogP contribution >= 0.6 is 0 Å². The van der Waals surface area contributed by atoms with Crippen LogP contribution in [-0.2, 0) is 0 Å². The molecule has 3 aliphatic rings. The summed E-state index contributed by atoms with van der Waals surface area (Å²) in [4.78, 5) is 2.56. The van der Waals surface area contributed by atoms with Crippen molar-refractivity contribution in [1.82, 2.24) is 10.2 Å². The zero-order valence-corrected chi connectivity index (χ0v) is 10.3. The van der Waals surface area contributed by atoms with Gasteiger partial charge < -0.3 is 15.3 Å². The molecule has 3 fully saturated rings. The molecule has 3 saturated carbocycles. The molecule has 0 saturated heterocycles. The van der Waals surface area contributed by atoms with Crippen LogP contribution < -0.4 is 5.32 Å². The highest BCUT2D eigenvalue weighted by Crippen LogP contribution is 2.39. The van der Waals surface area contributed by atoms with Gasteiger partial charge in [-0.05, 0) is 52.0 Å². The molecule has 0 heterocycles. The molecular weight excluding hydrogens is 200 g/mol. The molecule has 16 heavy (non-hydrogen) atoms. The minimum Gasteiger partial charge on any atom is -0.394 e. The van der Waals surface area contributed by atoms with Crippen molar-refractivity contribution >= 4 is 0 Å². The molecule has 0 spiro atoms. The second kappa shape index (κ2) is 3.97. The highest BCUT2D eigenvalue weighted by atomic mass is 16.3. The lowest BCUT2D eigenvalue weighted by atomic mass is 9.98. The zero-order valence-electron chi connectivity index (χ0n) is 10.3. The third-order valence-electron chi connectivity index (χ3n) is 4.67. The molecule has 0 aliphatic heterocycles. The predicted octanol–water partition coefficient (Wildman–Crippen LogP) is 1.12. The number of aliphatic hydroxyl groups is 1. The molecule has 92 valence electrons. The Balaban J connectivity index is 1.59. The molecule has 0 aromatic rings. The minimum atomic E-state index is 0.0506. The summed E-state index contributed by atoms with van der Waals surface area (Å²) in [5.74, 6) is 0. The minimum absolute atomic E-state index is 0.0506. The molecule has 0 aromatic heterocycles. The van der Waals surface area contributed by atoms with Gasteiger partial charge in [0.2, 0.25) is 0 Å². The largest absolute Gasteiger partial charge is 0.394 e. The van der Waals surface area contributed by atoms with Crippen LogP contribution in [0.25, 0.3) is 0 Å². The SMILES string of the molecule is CN(C1CC1)C1CCC(CO)(NC2CC2)C1. The summed E-state index contributed by atoms with van der Waals surface area (Å²) in [5.41, 5.74) is 0.0506. The van der Waals surface area contributed by atoms with E-state index in [1.807, 2.05) is 0 Å². The van der Waals surface area contributed by atoms with Gasteiger partial charge in [0.15, 0.2) is 0 Å². The van der Waals surface area contributed by atoms with Gasteiger partial charge in [-0.15, -0.1) is 0 Å². The van der Waals surface area contributed by atoms with Crippen molar-refractivity contribution < 1.29 is 5.11 Å². The molecule has 2 atom stereocenters. The first-order valence-corrected chi connectivity index (χ1v) is 6.83. The Hall–Kier alpha value is -0.120. The molecule has 3 rings (SSSR count). The van der Waals surface area contributed by atoms with Gasteiger partial charge in [-0.1, -0.05) is 0 Å². The van der Waals surface area contributed by atoms with Crippen molar-refractivity contribution in [1.29, 1.82) is 0 Å². The van der Waals surface area contributed by atoms with Crippen molar-refractivity contribution in [2.45, 2.75) is 68.6 Å². The normalized spacial score (nSPS) is 39.6. The van der Waals surface area contributed by atoms with Gasteiger partial charge in [-0.2, -0.15) is 0 Å². The smallest absolute Gasteiger partial charge is 0.0614 e. The summed E-state index contributed by atoms with van der Waals surface area (Å²) < 4.78 is 0. The Morgan fingerprint density at radius 2 is 1.94 bits per heavy atom. The van der Waals surface area contributed by atoms with Crippen molar-refractivity contribution in [3.05, 3.63) is 0 Å². The summed E-state index contributed by atoms with van der Waals surface area (Å²) in [6.07, 6.45) is 8.95. The lowest BCUT2D eigenvalue weighted by Gasteiger charge is -2.31. The first-order valence-electron chi connectivity index (χ1n) is 6.83. The number of hydrogen-bond donors (Lipinski definition) is 2. The van der Waals surface area contributed by atoms with Crippen molar-refractivity contribution in [2.75, 3.05) is 13.7 Å². The highest BCUT2D eigenvalue weighted by molar-refractivity contribution is 5.04. The fourth-order valence-corrected chi connectivity index (χ4v) is 3.21. The maximum atomic E-state index is 9.67. The van der Waals surface area contributed by atoms with Gasteiger partial charge in [0.1, 0.15) is 0 Å². The van der Waals surface area contributed by atoms with E-state index in [1.165, 1.54) is 32.1 Å². The van der Waals surface area contributed by atoms with Crippen LogP contribution in [0.3, 0.4) is 0 Å². The van der Waals surface area contributed by atoms with Gasteiger partial charge in [-0.3, -0.25) is 0 Å². The summed E-state index contributed by atoms with van der Waals surface area (Å²) in [6, 6.07) is 2.25. The molecule has 0 amide bonds. The van der Waals surface area contributed by atoms with Crippen molar-refractivity contribution in [3.63, 3.8) is 0 Å². The fraction of sp³-hybridized carbons (Fsp3) is 1.00. The molecule has 3 nitrogen and oxygen atoms in total. The highest BCUT2D eigenvalue weighted by Gasteiger charge is 2.45. The average molecular weight is 224 g/mol. The number of nitrogens with zero attached hydrogens (tertiary/aromatic N) is 1. The van der Waals surface area contributed by atoms with E-state index >= 15 is 0 Å². The zero-order chi connectivity index (χ0) is 11.2. The molecule has 3 heteroatoms. The van der Waals surface area contributed by atoms with E-state index < -0.39 is 0 Å². The lowest BCUT2D eigenvalue weighted by molar-refractivity contribution is 0.147. The molecular formula is C13H24N2O. The van der Waals surface area contributed by atoms with Crippen LogP contribution in [0.1, 0.15) is 44.9 Å². The van der Waals surface area contributed by atoms with E-state index in [9.17, 15) is 5.11 Å². The summed E-state index contributed by atoms with van der Waals surface area (Å²) in [7, 11) is 2.27. The number of hydrogen-bond acceptors (Lipinski definition) is 3. The molecule has 2 N–H and O–H groups in total. The van der Waals surface area contributed by atoms with Crippen LogP contribution in [0, 0.1) is 0 Å². The monoisotopic (exact) mass is 224 g/mol. The van der Waals surface area contributed by atoms with Crippen LogP contribution in [0.5, 0.6) is 0 Å². The predicted molar refractivity (Wildman–Crippen MR) is 64.4 cm³/mol. The Kier molecular flexibility index (Phi) is 2.73. The third kappa shape index (κ3) is 2.13. The van der Waals surface area contributed by atoms with Gasteiger partial charge in [0, 0.05) is 23.7 Å². The maximum absolute atomic E-state index is 9.67. The van der Waals surface area contributed by atoms with Crippen LogP contribution in [0.15, 0.2) is 0 Å². The number of nitrogens with one attached hydrogen (secondary N) is 1. The summed E-state index contributed by atoms with van der Waals surface area (Å²) >= 11 is 0. The Morgan fingerprint density at radius 1 is 1.19 bits per heavy atom. The van der Waals surface area contributed by atoms with Gasteiger partial charge >= 0.3 is 0 Å². The Bertz CT molecular complexity index is 263. The van der Waals surface area contributed by atoms with Crippen molar-refractivity contribution in [3.8, 4) is 0 Å². The molecule has 0 aromatic carbocycles. The lowest BCUT2D eigenvalue weighted by Crippen LogP contribution is -2.49. The fourth-order valence-electron chi connectivity index (χ4n) is 3.21. The quantitative estimate of drug-likeness (QED) is 0.734. The Labute approximate surface area is 98.2 Å². The van der Waals surface area contributed by atoms with Crippen molar-refractivity contribution in [2.24, 2.45) is 0 Å². The maximum Gasteiger partial charge on any atom is 0.0614 e. The standard InChI is InChI=1S/C13H24N2O/c1-15(11-4-5-11)12-6-7-13(8-12,9-16)14-10-2-3-10/h10-12,14,16H,2-9H2,1H3. The van der Waals surface area contributed by atoms with Crippen LogP contribution in [0.4, 0.5) is 0 Å². The summed E-state index contributed by atoms with van der Waals surface area (Å²) in [6.45, 7) is 0.318. The Morgan fingerprint density at radius 3 is 2.50 bits per heavy atom. The van der Waals surface area contributed by atoms with Gasteiger partial charge in [0.25, 0.3) is 0 Å². The average Bonchev–Trinajstić information content (AvgIpc) is 3.17. The number of aliphatic hydroxyl groups excluding tert-OH is 1. The van der Waals surface area contributed by atoms with Gasteiger partial charge in [-0.25, -0.2) is 0 Å². The topological polar surface area (TPSA) is 35.5 Å². The first kappa shape index (κ1) is 11.0. The third-order valence-corrected chi connectivity index (χ3v) is 4.67. The van der Waals surface area contributed by atoms with E-state index in [0.29, 0.717) is 18.7 Å². The van der Waals surface area contributed by atoms with Gasteiger partial charge in [0.05, 0.1) is 6.61 Å². The molecule has 0 radical (unpaired) electrons. The van der Waals surface area contributed by atoms with Crippen LogP contribution in [0.2, 0.25) is 0 Å². The number of rotatable bonds is 5. The first-order chi connectivity index (χ1) is 7.72. The van der Waals surface area contributed by atoms with E-state index in [2.05, 4.69) is 17.3 Å². The van der Waals surface area contributed by atoms with Crippen LogP contribution in [-0.4, -0.2) is 47.3 Å². The van der Waals surface area contributed by atoms with E-state index in [1.54, 1.807) is 0 Å². The summed E-state index contributed by atoms with van der Waals surface area (Å²) in [5, 5.41) is 13.3. The second-order valence-electron chi connectivity index (χ2n) is 6.15. The molecule has 2 unspecified atom stereocenters. The van der Waals surface area contributed by atoms with E-state index in [-0.39, 0.29) is 5.54 Å². The van der Waals surface area contributed by atoms with E-state index in [0.717, 1.165) is 18.9 Å². The second-order valence-corrected chi connectivity index (χ2v) is 6.15. The van der Waals surface area contributed by atoms with E-state index in [4.69, 9.17) is 0 Å². The molecule has 0 bridgehead atoms.